The van der Waals surface area contributed by atoms with Crippen LogP contribution in [0.2, 0.25) is 0 Å². The summed E-state index contributed by atoms with van der Waals surface area (Å²) in [7, 11) is 1.63. The van der Waals surface area contributed by atoms with Crippen molar-refractivity contribution in [1.82, 2.24) is 10.2 Å². The highest BCUT2D eigenvalue weighted by Gasteiger charge is 2.05. The molecule has 2 rings (SSSR count). The first-order valence-corrected chi connectivity index (χ1v) is 4.94. The molecule has 0 aliphatic carbocycles. The lowest BCUT2D eigenvalue weighted by Crippen LogP contribution is -1.93. The Morgan fingerprint density at radius 2 is 2.38 bits per heavy atom. The molecule has 0 radical (unpaired) electrons. The van der Waals surface area contributed by atoms with Gasteiger partial charge in [-0.1, -0.05) is 12.1 Å². The lowest BCUT2D eigenvalue weighted by atomic mass is 10.1. The van der Waals surface area contributed by atoms with Crippen LogP contribution in [0.5, 0.6) is 5.75 Å². The Bertz CT molecular complexity index is 491. The zero-order chi connectivity index (χ0) is 11.4. The Morgan fingerprint density at radius 1 is 1.50 bits per heavy atom. The molecule has 4 heteroatoms. The molecule has 0 saturated carbocycles. The van der Waals surface area contributed by atoms with Crippen molar-refractivity contribution in [3.63, 3.8) is 0 Å². The molecule has 0 fully saturated rings. The lowest BCUT2D eigenvalue weighted by Gasteiger charge is -2.03. The zero-order valence-electron chi connectivity index (χ0n) is 8.93. The second-order valence-electron chi connectivity index (χ2n) is 3.45. The van der Waals surface area contributed by atoms with Crippen LogP contribution in [0.3, 0.4) is 0 Å². The van der Waals surface area contributed by atoms with Crippen molar-refractivity contribution in [1.29, 1.82) is 0 Å². The summed E-state index contributed by atoms with van der Waals surface area (Å²) in [5.41, 5.74) is 2.50. The molecule has 0 amide bonds. The maximum atomic E-state index is 10.7. The zero-order valence-corrected chi connectivity index (χ0v) is 8.93. The molecular formula is C12H12N2O2. The Hall–Kier alpha value is -2.10. The highest BCUT2D eigenvalue weighted by atomic mass is 16.5. The number of hydrogen-bond donors (Lipinski definition) is 1. The van der Waals surface area contributed by atoms with Crippen LogP contribution in [-0.2, 0) is 6.42 Å². The fourth-order valence-electron chi connectivity index (χ4n) is 1.55. The number of nitrogens with zero attached hydrogens (tertiary/aromatic N) is 1. The van der Waals surface area contributed by atoms with E-state index in [-0.39, 0.29) is 0 Å². The van der Waals surface area contributed by atoms with Crippen molar-refractivity contribution in [2.24, 2.45) is 0 Å². The Balaban J connectivity index is 2.23. The highest BCUT2D eigenvalue weighted by molar-refractivity contribution is 5.76. The first-order valence-electron chi connectivity index (χ1n) is 4.94. The predicted octanol–water partition coefficient (Wildman–Crippen LogP) is 1.82. The number of aromatic nitrogens is 2. The van der Waals surface area contributed by atoms with Crippen molar-refractivity contribution in [3.05, 3.63) is 47.3 Å². The summed E-state index contributed by atoms with van der Waals surface area (Å²) in [6.07, 6.45) is 2.98. The Morgan fingerprint density at radius 3 is 3.12 bits per heavy atom. The van der Waals surface area contributed by atoms with Crippen LogP contribution in [0, 0.1) is 0 Å². The minimum atomic E-state index is 0.600. The van der Waals surface area contributed by atoms with Crippen LogP contribution in [0.4, 0.5) is 0 Å². The summed E-state index contributed by atoms with van der Waals surface area (Å²) in [5, 5.41) is 6.66. The number of aldehydes is 1. The number of H-pyrrole nitrogens is 1. The average Bonchev–Trinajstić information content (AvgIpc) is 2.76. The molecule has 2 aromatic rings. The Labute approximate surface area is 93.3 Å². The normalized spacial score (nSPS) is 10.1. The third-order valence-electron chi connectivity index (χ3n) is 2.39. The molecule has 0 aliphatic rings. The van der Waals surface area contributed by atoms with Gasteiger partial charge in [0.2, 0.25) is 0 Å². The van der Waals surface area contributed by atoms with Gasteiger partial charge in [0.15, 0.2) is 6.29 Å². The molecule has 0 saturated heterocycles. The number of rotatable bonds is 4. The molecular weight excluding hydrogens is 204 g/mol. The van der Waals surface area contributed by atoms with Gasteiger partial charge < -0.3 is 4.74 Å². The van der Waals surface area contributed by atoms with E-state index >= 15 is 0 Å². The standard InChI is InChI=1S/C12H12N2O2/c1-16-11-4-2-3-9(5-11)6-12-10(8-15)7-13-14-12/h2-5,7-8H,6H2,1H3,(H,13,14). The van der Waals surface area contributed by atoms with E-state index in [2.05, 4.69) is 10.2 Å². The smallest absolute Gasteiger partial charge is 0.153 e. The van der Waals surface area contributed by atoms with Gasteiger partial charge in [0.1, 0.15) is 5.75 Å². The molecule has 16 heavy (non-hydrogen) atoms. The molecule has 1 aromatic heterocycles. The summed E-state index contributed by atoms with van der Waals surface area (Å²) >= 11 is 0. The van der Waals surface area contributed by atoms with Gasteiger partial charge in [-0.05, 0) is 17.7 Å². The summed E-state index contributed by atoms with van der Waals surface area (Å²) < 4.78 is 5.14. The summed E-state index contributed by atoms with van der Waals surface area (Å²) in [6.45, 7) is 0. The van der Waals surface area contributed by atoms with E-state index in [4.69, 9.17) is 4.74 Å². The SMILES string of the molecule is COc1cccc(Cc2[nH]ncc2C=O)c1. The number of carbonyl (C=O) groups excluding carboxylic acids is 1. The van der Waals surface area contributed by atoms with Crippen LogP contribution in [0.15, 0.2) is 30.5 Å². The van der Waals surface area contributed by atoms with Gasteiger partial charge in [0.25, 0.3) is 0 Å². The van der Waals surface area contributed by atoms with Gasteiger partial charge in [0.05, 0.1) is 24.6 Å². The van der Waals surface area contributed by atoms with E-state index in [1.807, 2.05) is 24.3 Å². The number of hydrogen-bond acceptors (Lipinski definition) is 3. The Kier molecular flexibility index (Phi) is 3.00. The summed E-state index contributed by atoms with van der Waals surface area (Å²) in [5.74, 6) is 0.810. The van der Waals surface area contributed by atoms with Crippen LogP contribution >= 0.6 is 0 Å². The first kappa shape index (κ1) is 10.4. The molecule has 0 unspecified atom stereocenters. The van der Waals surface area contributed by atoms with E-state index in [1.165, 1.54) is 6.20 Å². The number of methoxy groups -OCH3 is 1. The number of aromatic amines is 1. The number of carbonyl (C=O) groups is 1. The van der Waals surface area contributed by atoms with E-state index in [1.54, 1.807) is 7.11 Å². The van der Waals surface area contributed by atoms with Crippen LogP contribution < -0.4 is 4.74 Å². The topological polar surface area (TPSA) is 55.0 Å². The van der Waals surface area contributed by atoms with E-state index in [0.29, 0.717) is 12.0 Å². The van der Waals surface area contributed by atoms with Gasteiger partial charge in [-0.15, -0.1) is 0 Å². The summed E-state index contributed by atoms with van der Waals surface area (Å²) in [4.78, 5) is 10.7. The first-order chi connectivity index (χ1) is 7.83. The predicted molar refractivity (Wildman–Crippen MR) is 59.8 cm³/mol. The number of nitrogens with one attached hydrogen (secondary N) is 1. The molecule has 1 aromatic carbocycles. The monoisotopic (exact) mass is 216 g/mol. The van der Waals surface area contributed by atoms with Crippen molar-refractivity contribution >= 4 is 6.29 Å². The maximum absolute atomic E-state index is 10.7. The van der Waals surface area contributed by atoms with E-state index < -0.39 is 0 Å². The second-order valence-corrected chi connectivity index (χ2v) is 3.45. The molecule has 82 valence electrons. The third-order valence-corrected chi connectivity index (χ3v) is 2.39. The molecule has 0 aliphatic heterocycles. The molecule has 1 heterocycles. The lowest BCUT2D eigenvalue weighted by molar-refractivity contribution is 0.112. The average molecular weight is 216 g/mol. The van der Waals surface area contributed by atoms with Gasteiger partial charge in [-0.2, -0.15) is 5.10 Å². The molecule has 0 atom stereocenters. The third kappa shape index (κ3) is 2.11. The number of ether oxygens (including phenoxy) is 1. The molecule has 4 nitrogen and oxygen atoms in total. The van der Waals surface area contributed by atoms with Crippen molar-refractivity contribution < 1.29 is 9.53 Å². The molecule has 1 N–H and O–H groups in total. The minimum absolute atomic E-state index is 0.600. The highest BCUT2D eigenvalue weighted by Crippen LogP contribution is 2.16. The largest absolute Gasteiger partial charge is 0.497 e. The fraction of sp³-hybridized carbons (Fsp3) is 0.167. The quantitative estimate of drug-likeness (QED) is 0.793. The van der Waals surface area contributed by atoms with Crippen molar-refractivity contribution in [2.75, 3.05) is 7.11 Å². The minimum Gasteiger partial charge on any atom is -0.497 e. The maximum Gasteiger partial charge on any atom is 0.153 e. The van der Waals surface area contributed by atoms with E-state index in [0.717, 1.165) is 23.3 Å². The van der Waals surface area contributed by atoms with Crippen LogP contribution in [-0.4, -0.2) is 23.6 Å². The fourth-order valence-corrected chi connectivity index (χ4v) is 1.55. The molecule has 0 spiro atoms. The van der Waals surface area contributed by atoms with E-state index in [9.17, 15) is 4.79 Å². The van der Waals surface area contributed by atoms with Gasteiger partial charge in [-0.25, -0.2) is 0 Å². The second kappa shape index (κ2) is 4.61. The summed E-state index contributed by atoms with van der Waals surface area (Å²) in [6, 6.07) is 7.73. The van der Waals surface area contributed by atoms with Gasteiger partial charge in [0, 0.05) is 6.42 Å². The van der Waals surface area contributed by atoms with Gasteiger partial charge in [-0.3, -0.25) is 9.89 Å². The van der Waals surface area contributed by atoms with Crippen LogP contribution in [0.1, 0.15) is 21.6 Å². The van der Waals surface area contributed by atoms with Gasteiger partial charge >= 0.3 is 0 Å². The van der Waals surface area contributed by atoms with Crippen LogP contribution in [0.25, 0.3) is 0 Å². The van der Waals surface area contributed by atoms with Crippen molar-refractivity contribution in [2.45, 2.75) is 6.42 Å². The number of benzene rings is 1. The molecule has 0 bridgehead atoms. The van der Waals surface area contributed by atoms with Crippen molar-refractivity contribution in [3.8, 4) is 5.75 Å².